The first kappa shape index (κ1) is 22.9. The number of ether oxygens (including phenoxy) is 2. The molecule has 152 valence electrons. The maximum atomic E-state index is 13.1. The summed E-state index contributed by atoms with van der Waals surface area (Å²) in [4.78, 5) is 24.8. The zero-order valence-corrected chi connectivity index (χ0v) is 17.4. The highest BCUT2D eigenvalue weighted by Crippen LogP contribution is 2.20. The van der Waals surface area contributed by atoms with Crippen LogP contribution in [0.5, 0.6) is 0 Å². The van der Waals surface area contributed by atoms with Gasteiger partial charge in [0.25, 0.3) is 0 Å². The summed E-state index contributed by atoms with van der Waals surface area (Å²) in [5, 5.41) is 2.61. The summed E-state index contributed by atoms with van der Waals surface area (Å²) in [6.45, 7) is 12.8. The van der Waals surface area contributed by atoms with Crippen LogP contribution in [0.4, 0.5) is 9.18 Å². The molecular weight excluding hydrogens is 349 g/mol. The molecule has 0 aromatic heterocycles. The van der Waals surface area contributed by atoms with Crippen molar-refractivity contribution in [3.8, 4) is 0 Å². The lowest BCUT2D eigenvalue weighted by molar-refractivity contribution is -0.159. The van der Waals surface area contributed by atoms with Crippen molar-refractivity contribution in [2.75, 3.05) is 0 Å². The standard InChI is InChI=1S/C21H32FNO4/c1-14(2)12-17(23-19(25)27-20(3,4)5)18(24)26-21(6,7)13-15-8-10-16(22)11-9-15/h8-11,14,17H,12-13H2,1-7H3,(H,23,25). The van der Waals surface area contributed by atoms with Gasteiger partial charge in [-0.2, -0.15) is 0 Å². The van der Waals surface area contributed by atoms with Crippen molar-refractivity contribution in [2.45, 2.75) is 78.6 Å². The zero-order valence-electron chi connectivity index (χ0n) is 17.4. The number of hydrogen-bond acceptors (Lipinski definition) is 4. The number of carbonyl (C=O) groups excluding carboxylic acids is 2. The van der Waals surface area contributed by atoms with E-state index in [1.54, 1.807) is 46.8 Å². The normalized spacial score (nSPS) is 13.2. The molecule has 0 heterocycles. The Hall–Kier alpha value is -2.11. The first-order chi connectivity index (χ1) is 12.3. The van der Waals surface area contributed by atoms with Crippen LogP contribution in [0.2, 0.25) is 0 Å². The van der Waals surface area contributed by atoms with Gasteiger partial charge in [0.05, 0.1) is 0 Å². The molecule has 1 aromatic rings. The third kappa shape index (κ3) is 9.40. The van der Waals surface area contributed by atoms with Gasteiger partial charge in [-0.05, 0) is 64.7 Å². The van der Waals surface area contributed by atoms with Crippen LogP contribution in [-0.4, -0.2) is 29.3 Å². The SMILES string of the molecule is CC(C)CC(NC(=O)OC(C)(C)C)C(=O)OC(C)(C)Cc1ccc(F)cc1. The molecule has 0 aliphatic carbocycles. The molecule has 0 aliphatic heterocycles. The van der Waals surface area contributed by atoms with Crippen LogP contribution in [0.25, 0.3) is 0 Å². The van der Waals surface area contributed by atoms with E-state index < -0.39 is 29.3 Å². The lowest BCUT2D eigenvalue weighted by Gasteiger charge is -2.29. The van der Waals surface area contributed by atoms with Gasteiger partial charge in [0, 0.05) is 6.42 Å². The monoisotopic (exact) mass is 381 g/mol. The zero-order chi connectivity index (χ0) is 20.8. The highest BCUT2D eigenvalue weighted by Gasteiger charge is 2.31. The smallest absolute Gasteiger partial charge is 0.408 e. The number of hydrogen-bond donors (Lipinski definition) is 1. The molecule has 0 bridgehead atoms. The quantitative estimate of drug-likeness (QED) is 0.700. The molecule has 6 heteroatoms. The number of amides is 1. The van der Waals surface area contributed by atoms with Gasteiger partial charge in [-0.15, -0.1) is 0 Å². The number of nitrogens with one attached hydrogen (secondary N) is 1. The Bertz CT molecular complexity index is 633. The Morgan fingerprint density at radius 3 is 2.07 bits per heavy atom. The van der Waals surface area contributed by atoms with Gasteiger partial charge in [-0.25, -0.2) is 14.0 Å². The van der Waals surface area contributed by atoms with Crippen molar-refractivity contribution in [1.29, 1.82) is 0 Å². The predicted octanol–water partition coefficient (Wildman–Crippen LogP) is 4.63. The molecule has 1 amide bonds. The minimum absolute atomic E-state index is 0.178. The lowest BCUT2D eigenvalue weighted by atomic mass is 9.97. The van der Waals surface area contributed by atoms with Crippen LogP contribution in [0.3, 0.4) is 0 Å². The van der Waals surface area contributed by atoms with Crippen molar-refractivity contribution in [2.24, 2.45) is 5.92 Å². The van der Waals surface area contributed by atoms with E-state index in [9.17, 15) is 14.0 Å². The summed E-state index contributed by atoms with van der Waals surface area (Å²) in [5.41, 5.74) is -0.604. The molecule has 0 saturated carbocycles. The molecule has 0 spiro atoms. The van der Waals surface area contributed by atoms with Crippen LogP contribution in [0, 0.1) is 11.7 Å². The average molecular weight is 381 g/mol. The van der Waals surface area contributed by atoms with E-state index in [4.69, 9.17) is 9.47 Å². The Labute approximate surface area is 161 Å². The third-order valence-electron chi connectivity index (χ3n) is 3.60. The van der Waals surface area contributed by atoms with Crippen LogP contribution >= 0.6 is 0 Å². The summed E-state index contributed by atoms with van der Waals surface area (Å²) in [6, 6.07) is 5.27. The van der Waals surface area contributed by atoms with Crippen LogP contribution in [-0.2, 0) is 20.7 Å². The van der Waals surface area contributed by atoms with Crippen molar-refractivity contribution >= 4 is 12.1 Å². The Morgan fingerprint density at radius 1 is 1.04 bits per heavy atom. The van der Waals surface area contributed by atoms with E-state index in [0.717, 1.165) is 5.56 Å². The maximum Gasteiger partial charge on any atom is 0.408 e. The molecule has 1 aromatic carbocycles. The number of alkyl carbamates (subject to hydrolysis) is 1. The molecule has 1 N–H and O–H groups in total. The number of benzene rings is 1. The fourth-order valence-electron chi connectivity index (χ4n) is 2.61. The number of rotatable bonds is 7. The van der Waals surface area contributed by atoms with Crippen LogP contribution in [0.1, 0.15) is 60.5 Å². The molecule has 0 saturated heterocycles. The van der Waals surface area contributed by atoms with Crippen molar-refractivity contribution in [1.82, 2.24) is 5.32 Å². The van der Waals surface area contributed by atoms with Crippen molar-refractivity contribution < 1.29 is 23.5 Å². The Kier molecular flexibility index (Phi) is 7.81. The number of carbonyl (C=O) groups is 2. The molecule has 0 fully saturated rings. The lowest BCUT2D eigenvalue weighted by Crippen LogP contribution is -2.47. The number of esters is 1. The molecule has 0 aliphatic rings. The van der Waals surface area contributed by atoms with E-state index in [0.29, 0.717) is 12.8 Å². The molecule has 1 atom stereocenters. The summed E-state index contributed by atoms with van der Waals surface area (Å²) in [6.07, 6.45) is 0.214. The fraction of sp³-hybridized carbons (Fsp3) is 0.619. The topological polar surface area (TPSA) is 64.6 Å². The minimum Gasteiger partial charge on any atom is -0.458 e. The Balaban J connectivity index is 2.78. The predicted molar refractivity (Wildman–Crippen MR) is 103 cm³/mol. The summed E-state index contributed by atoms with van der Waals surface area (Å²) < 4.78 is 24.0. The first-order valence-corrected chi connectivity index (χ1v) is 9.24. The second-order valence-electron chi connectivity index (χ2n) is 8.81. The van der Waals surface area contributed by atoms with Gasteiger partial charge in [0.15, 0.2) is 0 Å². The highest BCUT2D eigenvalue weighted by molar-refractivity contribution is 5.81. The van der Waals surface area contributed by atoms with Crippen LogP contribution in [0.15, 0.2) is 24.3 Å². The van der Waals surface area contributed by atoms with Crippen LogP contribution < -0.4 is 5.32 Å². The number of halogens is 1. The van der Waals surface area contributed by atoms with Gasteiger partial charge in [-0.3, -0.25) is 0 Å². The highest BCUT2D eigenvalue weighted by atomic mass is 19.1. The van der Waals surface area contributed by atoms with Gasteiger partial charge in [0.2, 0.25) is 0 Å². The van der Waals surface area contributed by atoms with E-state index in [-0.39, 0.29) is 11.7 Å². The second kappa shape index (κ2) is 9.20. The van der Waals surface area contributed by atoms with E-state index in [2.05, 4.69) is 5.32 Å². The molecular formula is C21H32FNO4. The third-order valence-corrected chi connectivity index (χ3v) is 3.60. The fourth-order valence-corrected chi connectivity index (χ4v) is 2.61. The molecule has 27 heavy (non-hydrogen) atoms. The largest absolute Gasteiger partial charge is 0.458 e. The molecule has 1 unspecified atom stereocenters. The van der Waals surface area contributed by atoms with Gasteiger partial charge >= 0.3 is 12.1 Å². The van der Waals surface area contributed by atoms with E-state index in [1.807, 2.05) is 13.8 Å². The van der Waals surface area contributed by atoms with Crippen molar-refractivity contribution in [3.05, 3.63) is 35.6 Å². The van der Waals surface area contributed by atoms with E-state index in [1.165, 1.54) is 12.1 Å². The second-order valence-corrected chi connectivity index (χ2v) is 8.81. The minimum atomic E-state index is -0.806. The average Bonchev–Trinajstić information content (AvgIpc) is 2.45. The van der Waals surface area contributed by atoms with Gasteiger partial charge in [-0.1, -0.05) is 26.0 Å². The summed E-state index contributed by atoms with van der Waals surface area (Å²) in [5.74, 6) is -0.647. The molecule has 0 radical (unpaired) electrons. The van der Waals surface area contributed by atoms with Gasteiger partial charge in [0.1, 0.15) is 23.1 Å². The molecule has 1 rings (SSSR count). The summed E-state index contributed by atoms with van der Waals surface area (Å²) >= 11 is 0. The van der Waals surface area contributed by atoms with E-state index >= 15 is 0 Å². The van der Waals surface area contributed by atoms with Gasteiger partial charge < -0.3 is 14.8 Å². The molecule has 5 nitrogen and oxygen atoms in total. The summed E-state index contributed by atoms with van der Waals surface area (Å²) in [7, 11) is 0. The van der Waals surface area contributed by atoms with Crippen molar-refractivity contribution in [3.63, 3.8) is 0 Å². The maximum absolute atomic E-state index is 13.1. The Morgan fingerprint density at radius 2 is 1.59 bits per heavy atom. The first-order valence-electron chi connectivity index (χ1n) is 9.24.